The molecule has 5 heteroatoms. The van der Waals surface area contributed by atoms with E-state index < -0.39 is 0 Å². The van der Waals surface area contributed by atoms with E-state index in [0.717, 1.165) is 11.9 Å². The summed E-state index contributed by atoms with van der Waals surface area (Å²) in [6.45, 7) is 6.91. The summed E-state index contributed by atoms with van der Waals surface area (Å²) in [7, 11) is 0. The van der Waals surface area contributed by atoms with Crippen LogP contribution in [-0.4, -0.2) is 57.6 Å². The summed E-state index contributed by atoms with van der Waals surface area (Å²) in [6.07, 6.45) is 8.97. The second-order valence-electron chi connectivity index (χ2n) is 6.39. The molecule has 2 aliphatic rings. The van der Waals surface area contributed by atoms with Gasteiger partial charge < -0.3 is 0 Å². The number of halogens is 1. The van der Waals surface area contributed by atoms with Gasteiger partial charge in [-0.25, -0.2) is 0 Å². The Balaban J connectivity index is 1.48. The van der Waals surface area contributed by atoms with Crippen molar-refractivity contribution in [2.75, 3.05) is 38.1 Å². The molecule has 0 aromatic carbocycles. The number of hydrogen-bond donors (Lipinski definition) is 0. The molecule has 0 bridgehead atoms. The van der Waals surface area contributed by atoms with Gasteiger partial charge in [-0.2, -0.15) is 5.10 Å². The van der Waals surface area contributed by atoms with Gasteiger partial charge in [-0.05, 0) is 18.9 Å². The molecule has 1 saturated heterocycles. The van der Waals surface area contributed by atoms with Gasteiger partial charge in [-0.1, -0.05) is 35.2 Å². The predicted octanol–water partition coefficient (Wildman–Crippen LogP) is 2.90. The number of piperazine rings is 1. The Labute approximate surface area is 136 Å². The molecule has 0 spiro atoms. The van der Waals surface area contributed by atoms with E-state index in [1.807, 2.05) is 0 Å². The monoisotopic (exact) mass is 354 g/mol. The number of rotatable bonds is 5. The molecule has 1 aromatic heterocycles. The van der Waals surface area contributed by atoms with E-state index >= 15 is 0 Å². The summed E-state index contributed by atoms with van der Waals surface area (Å²) in [5, 5.41) is 5.92. The van der Waals surface area contributed by atoms with Gasteiger partial charge in [-0.3, -0.25) is 14.5 Å². The molecule has 0 unspecified atom stereocenters. The Kier molecular flexibility index (Phi) is 5.72. The topological polar surface area (TPSA) is 24.3 Å². The lowest BCUT2D eigenvalue weighted by atomic mass is 9.96. The molecule has 21 heavy (non-hydrogen) atoms. The fourth-order valence-corrected chi connectivity index (χ4v) is 4.03. The van der Waals surface area contributed by atoms with Crippen molar-refractivity contribution >= 4 is 15.9 Å². The van der Waals surface area contributed by atoms with Crippen LogP contribution in [0, 0.1) is 0 Å². The summed E-state index contributed by atoms with van der Waals surface area (Å²) < 4.78 is 2.23. The third-order valence-corrected chi connectivity index (χ3v) is 5.22. The van der Waals surface area contributed by atoms with E-state index in [0.29, 0.717) is 6.04 Å². The highest BCUT2D eigenvalue weighted by molar-refractivity contribution is 9.09. The first-order chi connectivity index (χ1) is 10.3. The summed E-state index contributed by atoms with van der Waals surface area (Å²) >= 11 is 3.53. The zero-order valence-corrected chi connectivity index (χ0v) is 14.5. The van der Waals surface area contributed by atoms with Crippen LogP contribution in [0.1, 0.15) is 43.8 Å². The van der Waals surface area contributed by atoms with Crippen molar-refractivity contribution in [3.8, 4) is 0 Å². The fourth-order valence-electron chi connectivity index (χ4n) is 3.53. The summed E-state index contributed by atoms with van der Waals surface area (Å²) in [4.78, 5) is 5.07. The maximum absolute atomic E-state index is 4.84. The molecule has 1 aromatic rings. The Bertz CT molecular complexity index is 420. The number of aromatic nitrogens is 2. The van der Waals surface area contributed by atoms with E-state index in [9.17, 15) is 0 Å². The number of alkyl halides is 1. The molecule has 0 atom stereocenters. The molecule has 0 radical (unpaired) electrons. The molecule has 3 rings (SSSR count). The van der Waals surface area contributed by atoms with Crippen LogP contribution in [0.5, 0.6) is 0 Å². The summed E-state index contributed by atoms with van der Waals surface area (Å²) in [5.74, 6) is 0. The molecule has 2 heterocycles. The Hall–Kier alpha value is -0.390. The third kappa shape index (κ3) is 4.30. The van der Waals surface area contributed by atoms with Crippen molar-refractivity contribution in [1.82, 2.24) is 19.6 Å². The quantitative estimate of drug-likeness (QED) is 0.759. The molecular weight excluding hydrogens is 328 g/mol. The largest absolute Gasteiger partial charge is 0.300 e. The normalized spacial score (nSPS) is 22.7. The maximum atomic E-state index is 4.84. The Morgan fingerprint density at radius 3 is 2.48 bits per heavy atom. The zero-order valence-electron chi connectivity index (χ0n) is 12.9. The first kappa shape index (κ1) is 15.5. The van der Waals surface area contributed by atoms with Crippen LogP contribution in [0.15, 0.2) is 12.3 Å². The minimum Gasteiger partial charge on any atom is -0.300 e. The van der Waals surface area contributed by atoms with Crippen molar-refractivity contribution in [1.29, 1.82) is 0 Å². The van der Waals surface area contributed by atoms with E-state index in [1.165, 1.54) is 70.5 Å². The first-order valence-electron chi connectivity index (χ1n) is 8.40. The van der Waals surface area contributed by atoms with E-state index in [2.05, 4.69) is 42.7 Å². The molecule has 2 fully saturated rings. The lowest BCUT2D eigenvalue weighted by Crippen LogP contribution is -2.46. The van der Waals surface area contributed by atoms with Crippen molar-refractivity contribution in [2.45, 2.75) is 44.7 Å². The average Bonchev–Trinajstić information content (AvgIpc) is 2.99. The highest BCUT2D eigenvalue weighted by Gasteiger charge is 2.19. The standard InChI is InChI=1S/C16H27BrN4/c17-7-9-19-10-12-20(13-11-19)14-15-6-8-21(18-15)16-4-2-1-3-5-16/h6,8,16H,1-5,7,9-14H2. The van der Waals surface area contributed by atoms with Crippen LogP contribution in [0.2, 0.25) is 0 Å². The van der Waals surface area contributed by atoms with Gasteiger partial charge in [0, 0.05) is 50.8 Å². The molecule has 0 N–H and O–H groups in total. The van der Waals surface area contributed by atoms with Crippen molar-refractivity contribution in [3.63, 3.8) is 0 Å². The lowest BCUT2D eigenvalue weighted by Gasteiger charge is -2.33. The maximum Gasteiger partial charge on any atom is 0.0764 e. The van der Waals surface area contributed by atoms with E-state index in [-0.39, 0.29) is 0 Å². The van der Waals surface area contributed by atoms with Crippen LogP contribution in [0.25, 0.3) is 0 Å². The van der Waals surface area contributed by atoms with Crippen LogP contribution < -0.4 is 0 Å². The van der Waals surface area contributed by atoms with Gasteiger partial charge >= 0.3 is 0 Å². The van der Waals surface area contributed by atoms with Crippen molar-refractivity contribution in [2.24, 2.45) is 0 Å². The van der Waals surface area contributed by atoms with E-state index in [4.69, 9.17) is 5.10 Å². The van der Waals surface area contributed by atoms with Gasteiger partial charge in [0.15, 0.2) is 0 Å². The fraction of sp³-hybridized carbons (Fsp3) is 0.812. The van der Waals surface area contributed by atoms with Gasteiger partial charge in [0.2, 0.25) is 0 Å². The van der Waals surface area contributed by atoms with Gasteiger partial charge in [0.25, 0.3) is 0 Å². The van der Waals surface area contributed by atoms with Crippen molar-refractivity contribution < 1.29 is 0 Å². The SMILES string of the molecule is BrCCN1CCN(Cc2ccn(C3CCCCC3)n2)CC1. The zero-order chi connectivity index (χ0) is 14.5. The molecule has 4 nitrogen and oxygen atoms in total. The second-order valence-corrected chi connectivity index (χ2v) is 7.18. The highest BCUT2D eigenvalue weighted by atomic mass is 79.9. The first-order valence-corrected chi connectivity index (χ1v) is 9.52. The highest BCUT2D eigenvalue weighted by Crippen LogP contribution is 2.27. The van der Waals surface area contributed by atoms with Gasteiger partial charge in [-0.15, -0.1) is 0 Å². The third-order valence-electron chi connectivity index (χ3n) is 4.86. The van der Waals surface area contributed by atoms with Gasteiger partial charge in [0.1, 0.15) is 0 Å². The number of hydrogen-bond acceptors (Lipinski definition) is 3. The molecular formula is C16H27BrN4. The minimum atomic E-state index is 0.656. The molecule has 1 aliphatic heterocycles. The Morgan fingerprint density at radius 2 is 1.76 bits per heavy atom. The molecule has 1 aliphatic carbocycles. The Morgan fingerprint density at radius 1 is 1.05 bits per heavy atom. The molecule has 0 amide bonds. The van der Waals surface area contributed by atoms with Crippen molar-refractivity contribution in [3.05, 3.63) is 18.0 Å². The second kappa shape index (κ2) is 7.75. The lowest BCUT2D eigenvalue weighted by molar-refractivity contribution is 0.131. The average molecular weight is 355 g/mol. The molecule has 1 saturated carbocycles. The van der Waals surface area contributed by atoms with Crippen LogP contribution in [0.3, 0.4) is 0 Å². The number of nitrogens with zero attached hydrogens (tertiary/aromatic N) is 4. The summed E-state index contributed by atoms with van der Waals surface area (Å²) in [5.41, 5.74) is 1.24. The van der Waals surface area contributed by atoms with E-state index in [1.54, 1.807) is 0 Å². The predicted molar refractivity (Wildman–Crippen MR) is 89.9 cm³/mol. The van der Waals surface area contributed by atoms with Gasteiger partial charge in [0.05, 0.1) is 11.7 Å². The van der Waals surface area contributed by atoms with Crippen LogP contribution in [-0.2, 0) is 6.54 Å². The minimum absolute atomic E-state index is 0.656. The van der Waals surface area contributed by atoms with Crippen LogP contribution in [0.4, 0.5) is 0 Å². The smallest absolute Gasteiger partial charge is 0.0764 e. The van der Waals surface area contributed by atoms with Crippen LogP contribution >= 0.6 is 15.9 Å². The summed E-state index contributed by atoms with van der Waals surface area (Å²) in [6, 6.07) is 2.88. The molecule has 118 valence electrons.